The van der Waals surface area contributed by atoms with Gasteiger partial charge in [0.25, 0.3) is 5.72 Å². The highest BCUT2D eigenvalue weighted by molar-refractivity contribution is 6.03. The second-order valence-electron chi connectivity index (χ2n) is 5.08. The van der Waals surface area contributed by atoms with Gasteiger partial charge in [-0.2, -0.15) is 23.3 Å². The average Bonchev–Trinajstić information content (AvgIpc) is 2.78. The molecule has 0 aliphatic carbocycles. The number of aromatic nitrogens is 1. The summed E-state index contributed by atoms with van der Waals surface area (Å²) in [5, 5.41) is 13.8. The van der Waals surface area contributed by atoms with Gasteiger partial charge in [0.05, 0.1) is 12.1 Å². The van der Waals surface area contributed by atoms with E-state index in [1.54, 1.807) is 0 Å². The van der Waals surface area contributed by atoms with Crippen LogP contribution in [0, 0.1) is 5.92 Å². The number of nitrogens with zero attached hydrogens (tertiary/aromatic N) is 3. The molecule has 1 aliphatic rings. The zero-order valence-electron chi connectivity index (χ0n) is 11.4. The number of amides is 1. The molecule has 8 heteroatoms. The van der Waals surface area contributed by atoms with E-state index in [1.807, 2.05) is 0 Å². The largest absolute Gasteiger partial charge is 0.438 e. The van der Waals surface area contributed by atoms with Crippen molar-refractivity contribution in [1.82, 2.24) is 9.99 Å². The Labute approximate surface area is 119 Å². The van der Waals surface area contributed by atoms with Crippen molar-refractivity contribution in [2.24, 2.45) is 11.0 Å². The van der Waals surface area contributed by atoms with Crippen molar-refractivity contribution in [3.8, 4) is 0 Å². The molecule has 0 spiro atoms. The predicted molar refractivity (Wildman–Crippen MR) is 68.1 cm³/mol. The van der Waals surface area contributed by atoms with Gasteiger partial charge in [0.1, 0.15) is 0 Å². The van der Waals surface area contributed by atoms with Gasteiger partial charge in [-0.3, -0.25) is 9.78 Å². The van der Waals surface area contributed by atoms with Gasteiger partial charge in [-0.25, -0.2) is 0 Å². The number of hydrogen-bond acceptors (Lipinski definition) is 4. The predicted octanol–water partition coefficient (Wildman–Crippen LogP) is 1.92. The highest BCUT2D eigenvalue weighted by Gasteiger charge is 2.63. The number of rotatable bonds is 2. The van der Waals surface area contributed by atoms with Crippen LogP contribution in [-0.2, 0) is 4.79 Å². The molecule has 0 saturated heterocycles. The molecular weight excluding hydrogens is 287 g/mol. The van der Waals surface area contributed by atoms with Gasteiger partial charge in [0, 0.05) is 23.9 Å². The van der Waals surface area contributed by atoms with Crippen LogP contribution in [0.2, 0.25) is 0 Å². The SMILES string of the molecule is CC(C)C(=O)N1N=C(c2cccnc2)C[C@]1(O)C(F)(F)F. The van der Waals surface area contributed by atoms with Crippen molar-refractivity contribution in [1.29, 1.82) is 0 Å². The molecule has 1 atom stereocenters. The van der Waals surface area contributed by atoms with Crippen molar-refractivity contribution < 1.29 is 23.1 Å². The number of carbonyl (C=O) groups is 1. The summed E-state index contributed by atoms with van der Waals surface area (Å²) in [5.41, 5.74) is -3.02. The summed E-state index contributed by atoms with van der Waals surface area (Å²) in [5.74, 6) is -1.62. The first-order chi connectivity index (χ1) is 9.67. The molecule has 0 aromatic carbocycles. The Hall–Kier alpha value is -1.96. The standard InChI is InChI=1S/C13H14F3N3O2/c1-8(2)11(20)19-12(21,13(14,15)16)6-10(18-19)9-4-3-5-17-7-9/h3-5,7-8,21H,6H2,1-2H3/t12-/m0/s1. The number of carbonyl (C=O) groups excluding carboxylic acids is 1. The first-order valence-corrected chi connectivity index (χ1v) is 6.28. The normalized spacial score (nSPS) is 22.6. The lowest BCUT2D eigenvalue weighted by Crippen LogP contribution is -2.57. The quantitative estimate of drug-likeness (QED) is 0.907. The van der Waals surface area contributed by atoms with Crippen molar-refractivity contribution in [3.63, 3.8) is 0 Å². The Bertz CT molecular complexity index is 572. The van der Waals surface area contributed by atoms with E-state index in [2.05, 4.69) is 10.1 Å². The van der Waals surface area contributed by atoms with Crippen molar-refractivity contribution >= 4 is 11.6 Å². The van der Waals surface area contributed by atoms with Gasteiger partial charge in [-0.05, 0) is 6.07 Å². The summed E-state index contributed by atoms with van der Waals surface area (Å²) >= 11 is 0. The molecule has 2 rings (SSSR count). The van der Waals surface area contributed by atoms with Crippen LogP contribution in [0.4, 0.5) is 13.2 Å². The topological polar surface area (TPSA) is 65.8 Å². The highest BCUT2D eigenvalue weighted by Crippen LogP contribution is 2.41. The Balaban J connectivity index is 2.45. The summed E-state index contributed by atoms with van der Waals surface area (Å²) in [6, 6.07) is 3.06. The smallest absolute Gasteiger partial charge is 0.362 e. The van der Waals surface area contributed by atoms with E-state index in [9.17, 15) is 23.1 Å². The van der Waals surface area contributed by atoms with Gasteiger partial charge >= 0.3 is 6.18 Å². The van der Waals surface area contributed by atoms with E-state index >= 15 is 0 Å². The summed E-state index contributed by atoms with van der Waals surface area (Å²) in [6.07, 6.45) is -3.03. The van der Waals surface area contributed by atoms with E-state index in [0.29, 0.717) is 5.56 Å². The van der Waals surface area contributed by atoms with Gasteiger partial charge in [0.2, 0.25) is 5.91 Å². The molecule has 114 valence electrons. The van der Waals surface area contributed by atoms with Gasteiger partial charge in [-0.15, -0.1) is 0 Å². The molecule has 0 radical (unpaired) electrons. The number of hydrogen-bond donors (Lipinski definition) is 1. The van der Waals surface area contributed by atoms with Crippen LogP contribution >= 0.6 is 0 Å². The third kappa shape index (κ3) is 2.63. The molecule has 0 saturated carbocycles. The van der Waals surface area contributed by atoms with Gasteiger partial charge < -0.3 is 5.11 Å². The molecule has 1 aromatic rings. The second kappa shape index (κ2) is 5.10. The minimum Gasteiger partial charge on any atom is -0.362 e. The van der Waals surface area contributed by atoms with Crippen LogP contribution in [0.15, 0.2) is 29.6 Å². The molecule has 0 unspecified atom stereocenters. The number of aliphatic hydroxyl groups is 1. The van der Waals surface area contributed by atoms with E-state index in [4.69, 9.17) is 0 Å². The average molecular weight is 301 g/mol. The van der Waals surface area contributed by atoms with E-state index < -0.39 is 30.1 Å². The Morgan fingerprint density at radius 3 is 2.62 bits per heavy atom. The zero-order chi connectivity index (χ0) is 15.8. The van der Waals surface area contributed by atoms with Gasteiger partial charge in [-0.1, -0.05) is 19.9 Å². The first kappa shape index (κ1) is 15.4. The third-order valence-corrected chi connectivity index (χ3v) is 3.14. The van der Waals surface area contributed by atoms with Crippen molar-refractivity contribution in [3.05, 3.63) is 30.1 Å². The Kier molecular flexibility index (Phi) is 3.75. The molecule has 1 amide bonds. The molecule has 2 heterocycles. The zero-order valence-corrected chi connectivity index (χ0v) is 11.4. The van der Waals surface area contributed by atoms with Crippen LogP contribution in [0.1, 0.15) is 25.8 Å². The van der Waals surface area contributed by atoms with Crippen molar-refractivity contribution in [2.45, 2.75) is 32.2 Å². The number of alkyl halides is 3. The number of pyridine rings is 1. The molecule has 1 N–H and O–H groups in total. The van der Waals surface area contributed by atoms with Crippen molar-refractivity contribution in [2.75, 3.05) is 0 Å². The van der Waals surface area contributed by atoms with Gasteiger partial charge in [0.15, 0.2) is 0 Å². The molecule has 0 fully saturated rings. The third-order valence-electron chi connectivity index (χ3n) is 3.14. The van der Waals surface area contributed by atoms with E-state index in [-0.39, 0.29) is 10.7 Å². The maximum Gasteiger partial charge on any atom is 0.438 e. The number of halogens is 3. The summed E-state index contributed by atoms with van der Waals surface area (Å²) < 4.78 is 39.5. The minimum atomic E-state index is -5.01. The molecule has 1 aliphatic heterocycles. The lowest BCUT2D eigenvalue weighted by molar-refractivity contribution is -0.303. The van der Waals surface area contributed by atoms with E-state index in [0.717, 1.165) is 0 Å². The lowest BCUT2D eigenvalue weighted by atomic mass is 10.0. The molecule has 21 heavy (non-hydrogen) atoms. The monoisotopic (exact) mass is 301 g/mol. The fourth-order valence-corrected chi connectivity index (χ4v) is 1.94. The molecule has 0 bridgehead atoms. The maximum absolute atomic E-state index is 13.2. The van der Waals surface area contributed by atoms with Crippen LogP contribution in [0.5, 0.6) is 0 Å². The fraction of sp³-hybridized carbons (Fsp3) is 0.462. The summed E-state index contributed by atoms with van der Waals surface area (Å²) in [7, 11) is 0. The van der Waals surface area contributed by atoms with Crippen LogP contribution < -0.4 is 0 Å². The lowest BCUT2D eigenvalue weighted by Gasteiger charge is -2.33. The highest BCUT2D eigenvalue weighted by atomic mass is 19.4. The summed E-state index contributed by atoms with van der Waals surface area (Å²) in [4.78, 5) is 15.7. The minimum absolute atomic E-state index is 0.0306. The van der Waals surface area contributed by atoms with E-state index in [1.165, 1.54) is 38.4 Å². The second-order valence-corrected chi connectivity index (χ2v) is 5.08. The Morgan fingerprint density at radius 2 is 2.14 bits per heavy atom. The molecular formula is C13H14F3N3O2. The first-order valence-electron chi connectivity index (χ1n) is 6.28. The Morgan fingerprint density at radius 1 is 1.48 bits per heavy atom. The number of hydrazone groups is 1. The fourth-order valence-electron chi connectivity index (χ4n) is 1.94. The summed E-state index contributed by atoms with van der Waals surface area (Å²) in [6.45, 7) is 2.88. The molecule has 1 aromatic heterocycles. The maximum atomic E-state index is 13.2. The van der Waals surface area contributed by atoms with Crippen LogP contribution in [0.25, 0.3) is 0 Å². The van der Waals surface area contributed by atoms with Crippen LogP contribution in [-0.4, -0.2) is 38.6 Å². The van der Waals surface area contributed by atoms with Crippen LogP contribution in [0.3, 0.4) is 0 Å². The molecule has 5 nitrogen and oxygen atoms in total.